The molecule has 4 nitrogen and oxygen atoms in total. The van der Waals surface area contributed by atoms with Crippen molar-refractivity contribution in [1.29, 1.82) is 0 Å². The van der Waals surface area contributed by atoms with E-state index in [0.29, 0.717) is 12.5 Å². The van der Waals surface area contributed by atoms with Gasteiger partial charge in [-0.1, -0.05) is 84.6 Å². The average molecular weight is 387 g/mol. The fourth-order valence-electron chi connectivity index (χ4n) is 3.10. The van der Waals surface area contributed by atoms with E-state index in [1.54, 1.807) is 11.8 Å². The Morgan fingerprint density at radius 1 is 1.12 bits per heavy atom. The molecule has 1 saturated heterocycles. The first-order chi connectivity index (χ1) is 12.6. The van der Waals surface area contributed by atoms with Crippen molar-refractivity contribution in [1.82, 2.24) is 9.80 Å². The number of carboxylic acid groups (broad SMARTS) is 1. The van der Waals surface area contributed by atoms with Gasteiger partial charge in [-0.15, -0.1) is 0 Å². The quantitative estimate of drug-likeness (QED) is 0.726. The number of hydrogen-bond donors (Lipinski definition) is 1. The maximum atomic E-state index is 11.4. The number of thiocarbonyl (C=S) groups is 1. The van der Waals surface area contributed by atoms with Crippen LogP contribution in [0.5, 0.6) is 0 Å². The molecule has 1 aliphatic heterocycles. The highest BCUT2D eigenvalue weighted by molar-refractivity contribution is 8.22. The lowest BCUT2D eigenvalue weighted by molar-refractivity contribution is -0.138. The Morgan fingerprint density at radius 2 is 1.77 bits per heavy atom. The first-order valence-corrected chi connectivity index (χ1v) is 9.99. The molecule has 1 aliphatic rings. The zero-order valence-corrected chi connectivity index (χ0v) is 16.1. The minimum atomic E-state index is -0.784. The van der Waals surface area contributed by atoms with Gasteiger partial charge in [0.25, 0.3) is 0 Å². The van der Waals surface area contributed by atoms with Gasteiger partial charge in [-0.05, 0) is 17.5 Å². The minimum absolute atomic E-state index is 0.0872. The largest absolute Gasteiger partial charge is 0.481 e. The number of thioether (sulfide) groups is 1. The molecule has 3 rings (SSSR count). The van der Waals surface area contributed by atoms with Crippen molar-refractivity contribution in [3.05, 3.63) is 71.8 Å². The van der Waals surface area contributed by atoms with Crippen molar-refractivity contribution in [3.63, 3.8) is 0 Å². The minimum Gasteiger partial charge on any atom is -0.481 e. The summed E-state index contributed by atoms with van der Waals surface area (Å²) in [6, 6.07) is 20.1. The molecule has 0 radical (unpaired) electrons. The summed E-state index contributed by atoms with van der Waals surface area (Å²) in [7, 11) is 0. The van der Waals surface area contributed by atoms with Crippen LogP contribution in [0.1, 0.15) is 23.6 Å². The van der Waals surface area contributed by atoms with Crippen LogP contribution in [-0.4, -0.2) is 44.3 Å². The summed E-state index contributed by atoms with van der Waals surface area (Å²) in [6.45, 7) is 1.49. The molecule has 1 N–H and O–H groups in total. The van der Waals surface area contributed by atoms with Crippen LogP contribution in [0.15, 0.2) is 60.7 Å². The van der Waals surface area contributed by atoms with Crippen LogP contribution < -0.4 is 0 Å². The van der Waals surface area contributed by atoms with Gasteiger partial charge >= 0.3 is 5.97 Å². The van der Waals surface area contributed by atoms with Gasteiger partial charge < -0.3 is 10.0 Å². The molecule has 6 heteroatoms. The lowest BCUT2D eigenvalue weighted by Crippen LogP contribution is -2.47. The highest BCUT2D eigenvalue weighted by atomic mass is 32.2. The monoisotopic (exact) mass is 386 g/mol. The molecule has 136 valence electrons. The maximum absolute atomic E-state index is 11.4. The van der Waals surface area contributed by atoms with Gasteiger partial charge in [0.05, 0.1) is 19.0 Å². The van der Waals surface area contributed by atoms with Crippen LogP contribution in [0.2, 0.25) is 0 Å². The van der Waals surface area contributed by atoms with E-state index in [2.05, 4.69) is 21.9 Å². The average Bonchev–Trinajstić information content (AvgIpc) is 2.67. The number of hydrogen-bond acceptors (Lipinski definition) is 4. The molecule has 2 aromatic carbocycles. The van der Waals surface area contributed by atoms with Gasteiger partial charge in [0, 0.05) is 12.6 Å². The summed E-state index contributed by atoms with van der Waals surface area (Å²) in [4.78, 5) is 15.8. The van der Waals surface area contributed by atoms with Crippen LogP contribution in [0, 0.1) is 0 Å². The first-order valence-electron chi connectivity index (χ1n) is 8.60. The summed E-state index contributed by atoms with van der Waals surface area (Å²) in [5, 5.41) is 9.37. The van der Waals surface area contributed by atoms with Crippen LogP contribution >= 0.6 is 24.0 Å². The number of nitrogens with zero attached hydrogens (tertiary/aromatic N) is 2. The molecule has 0 aromatic heterocycles. The number of carbonyl (C=O) groups is 1. The van der Waals surface area contributed by atoms with Gasteiger partial charge in [-0.2, -0.15) is 0 Å². The Balaban J connectivity index is 1.70. The van der Waals surface area contributed by atoms with E-state index >= 15 is 0 Å². The molecule has 0 saturated carbocycles. The van der Waals surface area contributed by atoms with E-state index in [9.17, 15) is 9.90 Å². The van der Waals surface area contributed by atoms with Gasteiger partial charge in [-0.3, -0.25) is 9.69 Å². The van der Waals surface area contributed by atoms with Crippen LogP contribution in [0.25, 0.3) is 0 Å². The molecule has 1 fully saturated rings. The van der Waals surface area contributed by atoms with Gasteiger partial charge in [0.2, 0.25) is 0 Å². The van der Waals surface area contributed by atoms with Crippen LogP contribution in [-0.2, 0) is 11.2 Å². The van der Waals surface area contributed by atoms with E-state index < -0.39 is 5.97 Å². The molecule has 0 spiro atoms. The molecule has 1 heterocycles. The topological polar surface area (TPSA) is 43.8 Å². The molecule has 1 atom stereocenters. The van der Waals surface area contributed by atoms with E-state index in [0.717, 1.165) is 22.8 Å². The molecular formula is C20H22N2O2S2. The summed E-state index contributed by atoms with van der Waals surface area (Å²) >= 11 is 7.14. The van der Waals surface area contributed by atoms with Crippen molar-refractivity contribution in [2.45, 2.75) is 18.9 Å². The van der Waals surface area contributed by atoms with Crippen LogP contribution in [0.3, 0.4) is 0 Å². The molecule has 0 bridgehead atoms. The van der Waals surface area contributed by atoms with Gasteiger partial charge in [-0.25, -0.2) is 0 Å². The van der Waals surface area contributed by atoms with Crippen LogP contribution in [0.4, 0.5) is 0 Å². The van der Waals surface area contributed by atoms with Crippen molar-refractivity contribution >= 4 is 34.3 Å². The van der Waals surface area contributed by atoms with E-state index in [1.165, 1.54) is 5.56 Å². The normalized spacial score (nSPS) is 16.5. The second kappa shape index (κ2) is 9.16. The second-order valence-corrected chi connectivity index (χ2v) is 7.87. The first kappa shape index (κ1) is 18.9. The third-order valence-corrected chi connectivity index (χ3v) is 6.05. The highest BCUT2D eigenvalue weighted by Gasteiger charge is 2.29. The van der Waals surface area contributed by atoms with Gasteiger partial charge in [0.15, 0.2) is 0 Å². The number of benzene rings is 2. The fourth-order valence-corrected chi connectivity index (χ4v) is 4.28. The zero-order chi connectivity index (χ0) is 18.4. The van der Waals surface area contributed by atoms with Crippen molar-refractivity contribution in [2.75, 3.05) is 19.1 Å². The zero-order valence-electron chi connectivity index (χ0n) is 14.5. The molecule has 2 aromatic rings. The predicted molar refractivity (Wildman–Crippen MR) is 110 cm³/mol. The van der Waals surface area contributed by atoms with Crippen molar-refractivity contribution in [2.24, 2.45) is 0 Å². The summed E-state index contributed by atoms with van der Waals surface area (Å²) in [6.07, 6.45) is 1.01. The standard InChI is InChI=1S/C20H22N2O2S2/c23-19(24)13-18(17-9-5-2-6-10-17)22-14-21(20(25)26-15-22)12-11-16-7-3-1-4-8-16/h1-10,18H,11-15H2,(H,23,24). The third kappa shape index (κ3) is 5.06. The molecule has 0 amide bonds. The maximum Gasteiger partial charge on any atom is 0.305 e. The third-order valence-electron chi connectivity index (χ3n) is 4.47. The van der Waals surface area contributed by atoms with E-state index in [1.807, 2.05) is 48.5 Å². The highest BCUT2D eigenvalue weighted by Crippen LogP contribution is 2.30. The Kier molecular flexibility index (Phi) is 6.66. The Hall–Kier alpha value is -1.89. The Labute approximate surface area is 163 Å². The fraction of sp³-hybridized carbons (Fsp3) is 0.300. The number of carboxylic acids is 1. The van der Waals surface area contributed by atoms with Crippen molar-refractivity contribution < 1.29 is 9.90 Å². The van der Waals surface area contributed by atoms with Gasteiger partial charge in [0.1, 0.15) is 4.32 Å². The summed E-state index contributed by atoms with van der Waals surface area (Å²) in [5.41, 5.74) is 2.31. The van der Waals surface area contributed by atoms with E-state index in [4.69, 9.17) is 12.2 Å². The summed E-state index contributed by atoms with van der Waals surface area (Å²) < 4.78 is 0.888. The van der Waals surface area contributed by atoms with E-state index in [-0.39, 0.29) is 12.5 Å². The Morgan fingerprint density at radius 3 is 2.42 bits per heavy atom. The second-order valence-electron chi connectivity index (χ2n) is 6.29. The van der Waals surface area contributed by atoms with Crippen molar-refractivity contribution in [3.8, 4) is 0 Å². The molecule has 1 unspecified atom stereocenters. The molecule has 0 aliphatic carbocycles. The number of rotatable bonds is 7. The smallest absolute Gasteiger partial charge is 0.305 e. The predicted octanol–water partition coefficient (Wildman–Crippen LogP) is 4.00. The number of aliphatic carboxylic acids is 1. The summed E-state index contributed by atoms with van der Waals surface area (Å²) in [5.74, 6) is -0.0686. The molecule has 26 heavy (non-hydrogen) atoms. The lowest BCUT2D eigenvalue weighted by atomic mass is 10.0. The Bertz CT molecular complexity index is 740. The SMILES string of the molecule is O=C(O)CC(c1ccccc1)N1CSC(=S)N(CCc2ccccc2)C1. The lowest BCUT2D eigenvalue weighted by Gasteiger charge is -2.40. The molecular weight excluding hydrogens is 364 g/mol.